The molecule has 0 N–H and O–H groups in total. The van der Waals surface area contributed by atoms with Crippen LogP contribution in [0.5, 0.6) is 28.7 Å². The SMILES string of the molecule is COc1ccc(OC)c(CCC(=O)CC2c3c(cc4c(c3OC)OCO4)C(c3ccc(C)c(C)c3)CN2C)c1. The van der Waals surface area contributed by atoms with Gasteiger partial charge in [0, 0.05) is 36.9 Å². The van der Waals surface area contributed by atoms with Gasteiger partial charge in [0.2, 0.25) is 12.5 Å². The highest BCUT2D eigenvalue weighted by Gasteiger charge is 2.39. The van der Waals surface area contributed by atoms with E-state index >= 15 is 0 Å². The predicted octanol–water partition coefficient (Wildman–Crippen LogP) is 5.77. The Labute approximate surface area is 230 Å². The smallest absolute Gasteiger partial charge is 0.231 e. The van der Waals surface area contributed by atoms with Gasteiger partial charge in [-0.3, -0.25) is 9.69 Å². The van der Waals surface area contributed by atoms with Crippen LogP contribution >= 0.6 is 0 Å². The zero-order chi connectivity index (χ0) is 27.7. The minimum atomic E-state index is -0.146. The highest BCUT2D eigenvalue weighted by Crippen LogP contribution is 2.53. The van der Waals surface area contributed by atoms with Gasteiger partial charge in [-0.2, -0.15) is 0 Å². The largest absolute Gasteiger partial charge is 0.497 e. The summed E-state index contributed by atoms with van der Waals surface area (Å²) in [5.41, 5.74) is 6.85. The van der Waals surface area contributed by atoms with Gasteiger partial charge in [-0.15, -0.1) is 0 Å². The average Bonchev–Trinajstić information content (AvgIpc) is 3.42. The molecule has 2 heterocycles. The minimum Gasteiger partial charge on any atom is -0.497 e. The lowest BCUT2D eigenvalue weighted by molar-refractivity contribution is -0.120. The maximum Gasteiger partial charge on any atom is 0.231 e. The van der Waals surface area contributed by atoms with Gasteiger partial charge in [-0.1, -0.05) is 18.2 Å². The van der Waals surface area contributed by atoms with Crippen LogP contribution in [0.25, 0.3) is 0 Å². The van der Waals surface area contributed by atoms with Crippen LogP contribution in [0.1, 0.15) is 58.2 Å². The number of benzene rings is 3. The fourth-order valence-electron chi connectivity index (χ4n) is 5.81. The lowest BCUT2D eigenvalue weighted by Crippen LogP contribution is -2.37. The van der Waals surface area contributed by atoms with Crippen molar-refractivity contribution in [2.45, 2.75) is 45.1 Å². The molecule has 2 aliphatic heterocycles. The Morgan fingerprint density at radius 2 is 1.79 bits per heavy atom. The predicted molar refractivity (Wildman–Crippen MR) is 150 cm³/mol. The Morgan fingerprint density at radius 3 is 2.51 bits per heavy atom. The van der Waals surface area contributed by atoms with Crippen LogP contribution in [0.3, 0.4) is 0 Å². The fourth-order valence-corrected chi connectivity index (χ4v) is 5.81. The molecule has 0 spiro atoms. The molecule has 2 aliphatic rings. The van der Waals surface area contributed by atoms with Crippen LogP contribution < -0.4 is 23.7 Å². The van der Waals surface area contributed by atoms with Crippen molar-refractivity contribution in [1.82, 2.24) is 4.90 Å². The van der Waals surface area contributed by atoms with E-state index < -0.39 is 0 Å². The van der Waals surface area contributed by atoms with Gasteiger partial charge in [-0.05, 0) is 79.4 Å². The van der Waals surface area contributed by atoms with Crippen molar-refractivity contribution in [2.75, 3.05) is 41.7 Å². The average molecular weight is 532 g/mol. The first-order chi connectivity index (χ1) is 18.8. The van der Waals surface area contributed by atoms with Crippen molar-refractivity contribution in [3.05, 3.63) is 75.8 Å². The first-order valence-electron chi connectivity index (χ1n) is 13.3. The molecule has 0 radical (unpaired) electrons. The zero-order valence-electron chi connectivity index (χ0n) is 23.6. The van der Waals surface area contributed by atoms with E-state index in [0.29, 0.717) is 36.5 Å². The van der Waals surface area contributed by atoms with Crippen molar-refractivity contribution >= 4 is 5.78 Å². The second-order valence-corrected chi connectivity index (χ2v) is 10.4. The molecule has 39 heavy (non-hydrogen) atoms. The molecule has 0 amide bonds. The van der Waals surface area contributed by atoms with Crippen LogP contribution in [0.15, 0.2) is 42.5 Å². The van der Waals surface area contributed by atoms with E-state index in [9.17, 15) is 4.79 Å². The Morgan fingerprint density at radius 1 is 0.974 bits per heavy atom. The van der Waals surface area contributed by atoms with Gasteiger partial charge in [0.1, 0.15) is 17.3 Å². The van der Waals surface area contributed by atoms with Gasteiger partial charge in [-0.25, -0.2) is 0 Å². The fraction of sp³-hybridized carbons (Fsp3) is 0.406. The van der Waals surface area contributed by atoms with Gasteiger partial charge in [0.25, 0.3) is 0 Å². The summed E-state index contributed by atoms with van der Waals surface area (Å²) in [4.78, 5) is 15.7. The summed E-state index contributed by atoms with van der Waals surface area (Å²) in [5.74, 6) is 3.76. The number of nitrogens with zero attached hydrogens (tertiary/aromatic N) is 1. The minimum absolute atomic E-state index is 0.111. The number of ether oxygens (including phenoxy) is 5. The van der Waals surface area contributed by atoms with Gasteiger partial charge in [0.05, 0.1) is 21.3 Å². The van der Waals surface area contributed by atoms with Crippen molar-refractivity contribution in [1.29, 1.82) is 0 Å². The maximum absolute atomic E-state index is 13.5. The summed E-state index contributed by atoms with van der Waals surface area (Å²) in [6.07, 6.45) is 1.34. The third-order valence-electron chi connectivity index (χ3n) is 8.12. The van der Waals surface area contributed by atoms with E-state index in [4.69, 9.17) is 23.7 Å². The third-order valence-corrected chi connectivity index (χ3v) is 8.12. The van der Waals surface area contributed by atoms with Gasteiger partial charge in [0.15, 0.2) is 11.5 Å². The molecule has 2 unspecified atom stereocenters. The van der Waals surface area contributed by atoms with Crippen molar-refractivity contribution < 1.29 is 28.5 Å². The standard InChI is InChI=1S/C32H37NO6/c1-19-7-8-21(13-20(19)2)26-17-33(3)27(30-25(26)16-29-31(32(30)37-6)39-18-38-29)15-23(34)10-9-22-14-24(35-4)11-12-28(22)36-5/h7-8,11-14,16,26-27H,9-10,15,17-18H2,1-6H3. The number of Topliss-reactive ketones (excluding diaryl/α,β-unsaturated/α-hetero) is 1. The lowest BCUT2D eigenvalue weighted by Gasteiger charge is -2.40. The molecule has 0 bridgehead atoms. The molecular formula is C32H37NO6. The summed E-state index contributed by atoms with van der Waals surface area (Å²) >= 11 is 0. The van der Waals surface area contributed by atoms with E-state index in [1.54, 1.807) is 21.3 Å². The molecule has 7 nitrogen and oxygen atoms in total. The molecule has 0 saturated heterocycles. The highest BCUT2D eigenvalue weighted by molar-refractivity contribution is 5.80. The number of ketones is 1. The zero-order valence-corrected chi connectivity index (χ0v) is 23.6. The Balaban J connectivity index is 1.47. The summed E-state index contributed by atoms with van der Waals surface area (Å²) in [6, 6.07) is 14.3. The third kappa shape index (κ3) is 5.15. The normalized spacial score (nSPS) is 18.0. The van der Waals surface area contributed by atoms with Crippen LogP contribution in [0.2, 0.25) is 0 Å². The number of likely N-dealkylation sites (N-methyl/N-ethyl adjacent to an activating group) is 1. The molecule has 7 heteroatoms. The first-order valence-corrected chi connectivity index (χ1v) is 13.3. The van der Waals surface area contributed by atoms with Crippen molar-refractivity contribution in [3.63, 3.8) is 0 Å². The number of fused-ring (bicyclic) bond motifs is 2. The number of hydrogen-bond acceptors (Lipinski definition) is 7. The Kier molecular flexibility index (Phi) is 7.71. The van der Waals surface area contributed by atoms with Crippen LogP contribution in [0, 0.1) is 13.8 Å². The second-order valence-electron chi connectivity index (χ2n) is 10.4. The lowest BCUT2D eigenvalue weighted by atomic mass is 9.78. The van der Waals surface area contributed by atoms with Crippen LogP contribution in [0.4, 0.5) is 0 Å². The van der Waals surface area contributed by atoms with E-state index in [1.807, 2.05) is 18.2 Å². The molecule has 0 saturated carbocycles. The van der Waals surface area contributed by atoms with Crippen molar-refractivity contribution in [2.24, 2.45) is 0 Å². The number of carbonyl (C=O) groups is 1. The number of rotatable bonds is 9. The summed E-state index contributed by atoms with van der Waals surface area (Å²) in [7, 11) is 7.02. The van der Waals surface area contributed by atoms with E-state index in [1.165, 1.54) is 16.7 Å². The van der Waals surface area contributed by atoms with Crippen LogP contribution in [-0.4, -0.2) is 52.4 Å². The molecule has 2 atom stereocenters. The Hall–Kier alpha value is -3.71. The molecule has 3 aromatic carbocycles. The number of methoxy groups -OCH3 is 3. The maximum atomic E-state index is 13.5. The quantitative estimate of drug-likeness (QED) is 0.347. The molecule has 0 aromatic heterocycles. The molecular weight excluding hydrogens is 494 g/mol. The molecule has 206 valence electrons. The van der Waals surface area contributed by atoms with Crippen LogP contribution in [-0.2, 0) is 11.2 Å². The number of carbonyl (C=O) groups excluding carboxylic acids is 1. The summed E-state index contributed by atoms with van der Waals surface area (Å²) in [5, 5.41) is 0. The van der Waals surface area contributed by atoms with Crippen molar-refractivity contribution in [3.8, 4) is 28.7 Å². The molecule has 5 rings (SSSR count). The topological polar surface area (TPSA) is 66.5 Å². The molecule has 3 aromatic rings. The summed E-state index contributed by atoms with van der Waals surface area (Å²) < 4.78 is 28.5. The van der Waals surface area contributed by atoms with E-state index in [0.717, 1.165) is 34.7 Å². The molecule has 0 aliphatic carbocycles. The monoisotopic (exact) mass is 531 g/mol. The number of aryl methyl sites for hydroxylation is 3. The first kappa shape index (κ1) is 26.9. The van der Waals surface area contributed by atoms with E-state index in [2.05, 4.69) is 50.1 Å². The summed E-state index contributed by atoms with van der Waals surface area (Å²) in [6.45, 7) is 5.21. The van der Waals surface area contributed by atoms with Gasteiger partial charge < -0.3 is 23.7 Å². The highest BCUT2D eigenvalue weighted by atomic mass is 16.7. The van der Waals surface area contributed by atoms with Gasteiger partial charge >= 0.3 is 0 Å². The Bertz CT molecular complexity index is 1380. The molecule has 0 fully saturated rings. The number of hydrogen-bond donors (Lipinski definition) is 0. The second kappa shape index (κ2) is 11.2. The van der Waals surface area contributed by atoms with E-state index in [-0.39, 0.29) is 24.5 Å².